The summed E-state index contributed by atoms with van der Waals surface area (Å²) in [5.74, 6) is -0.774. The number of cyclic esters (lactones) is 1. The summed E-state index contributed by atoms with van der Waals surface area (Å²) in [5.41, 5.74) is 0.402. The molecule has 0 fully saturated rings. The van der Waals surface area contributed by atoms with Gasteiger partial charge in [0, 0.05) is 11.6 Å². The van der Waals surface area contributed by atoms with Crippen LogP contribution in [0.15, 0.2) is 29.1 Å². The molecule has 6 nitrogen and oxygen atoms in total. The molecule has 0 saturated heterocycles. The van der Waals surface area contributed by atoms with E-state index in [9.17, 15) is 14.7 Å². The average Bonchev–Trinajstić information content (AvgIpc) is 2.84. The topological polar surface area (TPSA) is 84.3 Å². The van der Waals surface area contributed by atoms with E-state index < -0.39 is 17.6 Å². The lowest BCUT2D eigenvalue weighted by Crippen LogP contribution is -2.23. The Labute approximate surface area is 137 Å². The maximum Gasteiger partial charge on any atom is 0.339 e. The number of benzene rings is 1. The maximum atomic E-state index is 12.3. The van der Waals surface area contributed by atoms with Crippen LogP contribution in [-0.2, 0) is 4.74 Å². The zero-order chi connectivity index (χ0) is 16.7. The fourth-order valence-electron chi connectivity index (χ4n) is 2.74. The van der Waals surface area contributed by atoms with E-state index in [1.165, 1.54) is 4.57 Å². The van der Waals surface area contributed by atoms with Crippen molar-refractivity contribution in [3.63, 3.8) is 0 Å². The van der Waals surface area contributed by atoms with Crippen molar-refractivity contribution in [3.05, 3.63) is 56.1 Å². The van der Waals surface area contributed by atoms with E-state index in [1.807, 2.05) is 13.8 Å². The maximum absolute atomic E-state index is 12.3. The number of hydrogen-bond donors (Lipinski definition) is 2. The fourth-order valence-corrected chi connectivity index (χ4v) is 3.10. The summed E-state index contributed by atoms with van der Waals surface area (Å²) in [6.45, 7) is 3.83. The molecule has 1 aliphatic rings. The van der Waals surface area contributed by atoms with Gasteiger partial charge < -0.3 is 9.84 Å². The Kier molecular flexibility index (Phi) is 3.81. The van der Waals surface area contributed by atoms with E-state index in [4.69, 9.17) is 17.0 Å². The number of aromatic amines is 1. The molecule has 2 heterocycles. The number of carbonyl (C=O) groups excluding carboxylic acids is 1. The van der Waals surface area contributed by atoms with Crippen molar-refractivity contribution >= 4 is 18.2 Å². The predicted octanol–water partition coefficient (Wildman–Crippen LogP) is 2.84. The first kappa shape index (κ1) is 15.5. The Bertz CT molecular complexity index is 900. The molecule has 23 heavy (non-hydrogen) atoms. The molecule has 0 aliphatic carbocycles. The largest absolute Gasteiger partial charge is 0.494 e. The Morgan fingerprint density at radius 3 is 2.78 bits per heavy atom. The zero-order valence-electron chi connectivity index (χ0n) is 12.7. The molecule has 1 aromatic heterocycles. The summed E-state index contributed by atoms with van der Waals surface area (Å²) in [4.78, 5) is 26.9. The minimum absolute atomic E-state index is 0.00259. The third-order valence-corrected chi connectivity index (χ3v) is 4.43. The smallest absolute Gasteiger partial charge is 0.339 e. The first-order valence-electron chi connectivity index (χ1n) is 7.33. The van der Waals surface area contributed by atoms with Crippen molar-refractivity contribution in [2.75, 3.05) is 0 Å². The molecule has 0 unspecified atom stereocenters. The van der Waals surface area contributed by atoms with E-state index in [0.29, 0.717) is 17.5 Å². The van der Waals surface area contributed by atoms with Crippen molar-refractivity contribution in [1.82, 2.24) is 9.55 Å². The molecule has 7 heteroatoms. The van der Waals surface area contributed by atoms with Crippen molar-refractivity contribution in [3.8, 4) is 5.88 Å². The third kappa shape index (κ3) is 2.37. The Hall–Kier alpha value is -2.41. The molecule has 1 aromatic carbocycles. The van der Waals surface area contributed by atoms with E-state index in [-0.39, 0.29) is 22.3 Å². The van der Waals surface area contributed by atoms with E-state index in [0.717, 1.165) is 0 Å². The highest BCUT2D eigenvalue weighted by Crippen LogP contribution is 2.38. The summed E-state index contributed by atoms with van der Waals surface area (Å²) in [6, 6.07) is 6.71. The van der Waals surface area contributed by atoms with Crippen LogP contribution in [0.2, 0.25) is 0 Å². The van der Waals surface area contributed by atoms with Crippen LogP contribution < -0.4 is 5.56 Å². The van der Waals surface area contributed by atoms with Crippen LogP contribution in [0.4, 0.5) is 0 Å². The Balaban J connectivity index is 2.25. The molecule has 0 radical (unpaired) electrons. The van der Waals surface area contributed by atoms with Crippen molar-refractivity contribution in [2.45, 2.75) is 32.4 Å². The monoisotopic (exact) mass is 332 g/mol. The average molecular weight is 332 g/mol. The van der Waals surface area contributed by atoms with Crippen LogP contribution in [0.25, 0.3) is 0 Å². The van der Waals surface area contributed by atoms with Crippen molar-refractivity contribution in [1.29, 1.82) is 0 Å². The summed E-state index contributed by atoms with van der Waals surface area (Å²) >= 11 is 5.14. The van der Waals surface area contributed by atoms with Gasteiger partial charge in [-0.2, -0.15) is 0 Å². The number of H-pyrrole nitrogens is 1. The molecule has 0 amide bonds. The normalized spacial score (nSPS) is 17.7. The molecular weight excluding hydrogens is 316 g/mol. The number of rotatable bonds is 3. The fraction of sp³-hybridized carbons (Fsp3) is 0.312. The third-order valence-electron chi connectivity index (χ3n) is 4.13. The van der Waals surface area contributed by atoms with Gasteiger partial charge in [0.15, 0.2) is 10.9 Å². The van der Waals surface area contributed by atoms with Gasteiger partial charge in [-0.15, -0.1) is 0 Å². The predicted molar refractivity (Wildman–Crippen MR) is 86.3 cm³/mol. The van der Waals surface area contributed by atoms with Gasteiger partial charge in [0.2, 0.25) is 5.88 Å². The molecule has 120 valence electrons. The van der Waals surface area contributed by atoms with Gasteiger partial charge in [0.05, 0.1) is 5.56 Å². The van der Waals surface area contributed by atoms with Crippen LogP contribution in [0.1, 0.15) is 53.9 Å². The van der Waals surface area contributed by atoms with E-state index in [1.54, 1.807) is 24.3 Å². The number of ether oxygens (including phenoxy) is 1. The van der Waals surface area contributed by atoms with Gasteiger partial charge in [-0.3, -0.25) is 14.3 Å². The highest BCUT2D eigenvalue weighted by atomic mass is 32.1. The van der Waals surface area contributed by atoms with Crippen molar-refractivity contribution in [2.24, 2.45) is 0 Å². The van der Waals surface area contributed by atoms with Gasteiger partial charge in [0.1, 0.15) is 5.56 Å². The number of fused-ring (bicyclic) bond motifs is 1. The lowest BCUT2D eigenvalue weighted by Gasteiger charge is -2.20. The molecule has 2 atom stereocenters. The second kappa shape index (κ2) is 5.66. The van der Waals surface area contributed by atoms with Crippen molar-refractivity contribution < 1.29 is 14.6 Å². The summed E-state index contributed by atoms with van der Waals surface area (Å²) in [6.07, 6.45) is -0.220. The molecule has 0 bridgehead atoms. The quantitative estimate of drug-likeness (QED) is 0.667. The number of esters is 1. The van der Waals surface area contributed by atoms with Gasteiger partial charge in [-0.1, -0.05) is 25.1 Å². The molecule has 1 aliphatic heterocycles. The highest BCUT2D eigenvalue weighted by Gasteiger charge is 2.36. The Morgan fingerprint density at radius 1 is 1.39 bits per heavy atom. The molecular formula is C16H16N2O4S. The lowest BCUT2D eigenvalue weighted by atomic mass is 10.0. The van der Waals surface area contributed by atoms with Crippen LogP contribution in [-0.4, -0.2) is 20.6 Å². The highest BCUT2D eigenvalue weighted by molar-refractivity contribution is 7.71. The summed E-state index contributed by atoms with van der Waals surface area (Å²) in [7, 11) is 0. The minimum atomic E-state index is -0.937. The minimum Gasteiger partial charge on any atom is -0.494 e. The van der Waals surface area contributed by atoms with Gasteiger partial charge in [0.25, 0.3) is 5.56 Å². The van der Waals surface area contributed by atoms with Crippen LogP contribution in [0, 0.1) is 4.77 Å². The first-order valence-corrected chi connectivity index (χ1v) is 7.74. The molecule has 2 N–H and O–H groups in total. The number of nitrogens with zero attached hydrogens (tertiary/aromatic N) is 1. The second-order valence-electron chi connectivity index (χ2n) is 5.50. The van der Waals surface area contributed by atoms with Crippen LogP contribution in [0.5, 0.6) is 5.88 Å². The van der Waals surface area contributed by atoms with E-state index in [2.05, 4.69) is 4.98 Å². The summed E-state index contributed by atoms with van der Waals surface area (Å²) < 4.78 is 6.94. The number of carbonyl (C=O) groups is 1. The van der Waals surface area contributed by atoms with Gasteiger partial charge in [-0.05, 0) is 31.6 Å². The summed E-state index contributed by atoms with van der Waals surface area (Å²) in [5, 5.41) is 10.6. The van der Waals surface area contributed by atoms with E-state index >= 15 is 0 Å². The lowest BCUT2D eigenvalue weighted by molar-refractivity contribution is 0.0448. The van der Waals surface area contributed by atoms with Crippen LogP contribution >= 0.6 is 12.2 Å². The zero-order valence-corrected chi connectivity index (χ0v) is 13.5. The molecule has 3 rings (SSSR count). The SMILES string of the molecule is CC[C@H](C)n1c(O)c([C@@H]2OC(=O)c3ccccc32)c(=O)[nH]c1=S. The van der Waals surface area contributed by atoms with Gasteiger partial charge >= 0.3 is 5.97 Å². The number of aromatic hydroxyl groups is 1. The second-order valence-corrected chi connectivity index (χ2v) is 5.88. The van der Waals surface area contributed by atoms with Gasteiger partial charge in [-0.25, -0.2) is 4.79 Å². The molecule has 0 spiro atoms. The molecule has 2 aromatic rings. The number of hydrogen-bond acceptors (Lipinski definition) is 5. The number of nitrogens with one attached hydrogen (secondary N) is 1. The van der Waals surface area contributed by atoms with Crippen LogP contribution in [0.3, 0.4) is 0 Å². The first-order chi connectivity index (χ1) is 11.0. The molecule has 0 saturated carbocycles. The number of aromatic nitrogens is 2. The Morgan fingerprint density at radius 2 is 2.09 bits per heavy atom. The standard InChI is InChI=1S/C16H16N2O4S/c1-3-8(2)18-14(20)11(13(19)17-16(18)23)12-9-6-4-5-7-10(9)15(21)22-12/h4-8,12,20H,3H2,1-2H3,(H,17,19,23)/t8-,12+/m0/s1.